The highest BCUT2D eigenvalue weighted by Gasteiger charge is 2.54. The molecule has 5 aromatic heterocycles. The molecule has 3 saturated heterocycles. The molecular weight excluding hydrogens is 1060 g/mol. The number of hydrogen-bond acceptors (Lipinski definition) is 27. The van der Waals surface area contributed by atoms with Gasteiger partial charge in [0.25, 0.3) is 11.5 Å². The fraction of sp³-hybridized carbons (Fsp3) is 0.562. The van der Waals surface area contributed by atoms with Gasteiger partial charge in [0.2, 0.25) is 11.7 Å². The van der Waals surface area contributed by atoms with Gasteiger partial charge in [-0.15, -0.1) is 0 Å². The number of H-pyrrole nitrogens is 1. The molecule has 13 N–H and O–H groups in total. The summed E-state index contributed by atoms with van der Waals surface area (Å²) in [5.74, 6) is -0.546. The van der Waals surface area contributed by atoms with Crippen molar-refractivity contribution in [3.05, 3.63) is 57.8 Å². The van der Waals surface area contributed by atoms with Crippen LogP contribution in [0.2, 0.25) is 0 Å². The van der Waals surface area contributed by atoms with E-state index >= 15 is 0 Å². The van der Waals surface area contributed by atoms with Crippen molar-refractivity contribution in [2.75, 3.05) is 38.4 Å². The number of imidazole rings is 2. The molecule has 16 atom stereocenters. The van der Waals surface area contributed by atoms with E-state index < -0.39 is 136 Å². The first-order valence-corrected chi connectivity index (χ1v) is 26.5. The Bertz CT molecular complexity index is 3160. The van der Waals surface area contributed by atoms with Crippen LogP contribution in [0.4, 0.5) is 11.8 Å². The number of hydrogen-bond donors (Lipinski definition) is 11. The van der Waals surface area contributed by atoms with Gasteiger partial charge in [-0.25, -0.2) is 42.6 Å². The Balaban J connectivity index is 0.912. The third kappa shape index (κ3) is 11.2. The summed E-state index contributed by atoms with van der Waals surface area (Å²) >= 11 is 0. The minimum Gasteiger partial charge on any atom is -0.387 e. The summed E-state index contributed by atoms with van der Waals surface area (Å²) in [6.07, 6.45) is -15.4. The monoisotopic (exact) mass is 1110 g/mol. The zero-order valence-corrected chi connectivity index (χ0v) is 40.6. The first kappa shape index (κ1) is 53.9. The molecule has 3 aliphatic rings. The van der Waals surface area contributed by atoms with Gasteiger partial charge in [-0.3, -0.25) is 41.6 Å². The fourth-order valence-corrected chi connectivity index (χ4v) is 12.4. The van der Waals surface area contributed by atoms with Gasteiger partial charge in [-0.2, -0.15) is 13.6 Å². The third-order valence-corrected chi connectivity index (χ3v) is 16.3. The lowest BCUT2D eigenvalue weighted by Crippen LogP contribution is -2.46. The predicted octanol–water partition coefficient (Wildman–Crippen LogP) is -3.86. The molecule has 8 rings (SSSR count). The maximum absolute atomic E-state index is 13.5. The van der Waals surface area contributed by atoms with E-state index in [-0.39, 0.29) is 28.6 Å². The van der Waals surface area contributed by atoms with Crippen LogP contribution in [0.1, 0.15) is 24.4 Å². The Labute approximate surface area is 400 Å². The molecule has 0 amide bonds. The number of aromatic amines is 1. The van der Waals surface area contributed by atoms with Crippen LogP contribution >= 0.6 is 31.3 Å². The van der Waals surface area contributed by atoms with E-state index in [0.717, 1.165) is 28.5 Å². The molecule has 0 bridgehead atoms. The lowest BCUT2D eigenvalue weighted by Gasteiger charge is -2.26. The van der Waals surface area contributed by atoms with E-state index in [4.69, 9.17) is 44.0 Å². The highest BCUT2D eigenvalue weighted by atomic mass is 31.3. The second-order valence-corrected chi connectivity index (χ2v) is 22.0. The lowest BCUT2D eigenvalue weighted by atomic mass is 10.1. The molecule has 40 heteroatoms. The first-order valence-electron chi connectivity index (χ1n) is 20.5. The van der Waals surface area contributed by atoms with Crippen LogP contribution in [0.25, 0.3) is 22.3 Å². The number of phosphoric acid groups is 4. The number of nitrogens with one attached hydrogen (secondary N) is 1. The predicted molar refractivity (Wildman–Crippen MR) is 230 cm³/mol. The number of rotatable bonds is 19. The number of ether oxygens (including phenoxy) is 4. The molecule has 0 radical (unpaired) electrons. The van der Waals surface area contributed by atoms with Gasteiger partial charge in [0.15, 0.2) is 24.4 Å². The largest absolute Gasteiger partial charge is 0.490 e. The van der Waals surface area contributed by atoms with Crippen molar-refractivity contribution in [1.29, 1.82) is 0 Å². The summed E-state index contributed by atoms with van der Waals surface area (Å²) in [5.41, 5.74) is 10.5. The number of fused-ring (bicyclic) bond motifs is 2. The lowest BCUT2D eigenvalue weighted by molar-refractivity contribution is -0.745. The standard InChI is InChI=1S/C32H44N12O24P4/c1-12-17-25(36-9-35-12)43(10-37-17)28-21(47)19(45)13(63-28)6-60-69(51,52)66-23-15(65-30(24(23)59-3)42-5-4-16(33)38-32(42)50)8-62-71(55,56)68-72(57,58)67-70(53,54)61-7-14-20(46)22(48)29(64-14)44-11-41(2)18-26(44)39-31(34)40-27(18)49/h4-5,9-11,13-15,19-24,28-30,45-48H,6-8H2,1-3H3,(H8-,33,34,38,39,40,49,50,51,52,53,54,55,56,57,58)/p+1. The molecule has 36 nitrogen and oxygen atoms in total. The number of aliphatic hydroxyl groups excluding tert-OH is 4. The summed E-state index contributed by atoms with van der Waals surface area (Å²) in [6.45, 7) is -1.73. The molecule has 3 aliphatic heterocycles. The zero-order valence-electron chi connectivity index (χ0n) is 37.0. The van der Waals surface area contributed by atoms with Crippen molar-refractivity contribution in [3.63, 3.8) is 0 Å². The number of aliphatic hydroxyl groups is 4. The quantitative estimate of drug-likeness (QED) is 0.0278. The summed E-state index contributed by atoms with van der Waals surface area (Å²) in [4.78, 5) is 89.5. The number of aromatic nitrogens is 10. The average molecular weight is 1110 g/mol. The van der Waals surface area contributed by atoms with Crippen molar-refractivity contribution < 1.29 is 108 Å². The molecule has 8 heterocycles. The SMILES string of the molecule is COC1C(OP(=O)(O)OCC2OC(n3cnc4c(C)ncnc43)C(O)C2O)C(COP(=O)(O)OP(=O)(O)OP(=O)(O)OCC2OC([n+]3cn(C)c4c(=O)[nH]c(N)nc43)C(O)C2O)OC1n1ccc(N)nc1=O. The number of aryl methyl sites for hydroxylation is 2. The van der Waals surface area contributed by atoms with E-state index in [0.29, 0.717) is 11.2 Å². The normalized spacial score (nSPS) is 31.2. The molecule has 0 aliphatic carbocycles. The molecule has 396 valence electrons. The van der Waals surface area contributed by atoms with Gasteiger partial charge >= 0.3 is 42.6 Å². The Kier molecular flexibility index (Phi) is 15.2. The van der Waals surface area contributed by atoms with Gasteiger partial charge in [0.05, 0.1) is 38.9 Å². The van der Waals surface area contributed by atoms with E-state index in [2.05, 4.69) is 43.0 Å². The van der Waals surface area contributed by atoms with Crippen LogP contribution < -0.4 is 27.3 Å². The summed E-state index contributed by atoms with van der Waals surface area (Å²) in [7, 11) is -20.9. The van der Waals surface area contributed by atoms with Gasteiger partial charge in [0, 0.05) is 13.3 Å². The zero-order chi connectivity index (χ0) is 52.4. The minimum atomic E-state index is -6.20. The van der Waals surface area contributed by atoms with Crippen LogP contribution in [0.15, 0.2) is 40.8 Å². The Hall–Kier alpha value is -4.42. The van der Waals surface area contributed by atoms with Gasteiger partial charge in [0.1, 0.15) is 72.6 Å². The molecular formula is C32H45N12O24P4+. The molecule has 3 fully saturated rings. The smallest absolute Gasteiger partial charge is 0.387 e. The Morgan fingerprint density at radius 2 is 1.38 bits per heavy atom. The van der Waals surface area contributed by atoms with E-state index in [1.165, 1.54) is 35.2 Å². The number of nitrogens with zero attached hydrogens (tertiary/aromatic N) is 9. The molecule has 0 aromatic carbocycles. The van der Waals surface area contributed by atoms with E-state index in [9.17, 15) is 67.8 Å². The van der Waals surface area contributed by atoms with Crippen molar-refractivity contribution in [2.45, 2.75) is 80.5 Å². The average Bonchev–Trinajstić information content (AvgIpc) is 4.07. The topological polar surface area (TPSA) is 508 Å². The number of anilines is 2. The van der Waals surface area contributed by atoms with Crippen LogP contribution in [0, 0.1) is 6.92 Å². The highest BCUT2D eigenvalue weighted by molar-refractivity contribution is 7.66. The molecule has 5 aromatic rings. The fourth-order valence-electron chi connectivity index (χ4n) is 7.88. The van der Waals surface area contributed by atoms with Gasteiger partial charge < -0.3 is 70.4 Å². The highest BCUT2D eigenvalue weighted by Crippen LogP contribution is 2.68. The summed E-state index contributed by atoms with van der Waals surface area (Å²) in [5, 5.41) is 43.1. The van der Waals surface area contributed by atoms with E-state index in [1.807, 2.05) is 0 Å². The first-order chi connectivity index (χ1) is 33.7. The van der Waals surface area contributed by atoms with Gasteiger partial charge in [-0.1, -0.05) is 4.98 Å². The molecule has 72 heavy (non-hydrogen) atoms. The summed E-state index contributed by atoms with van der Waals surface area (Å²) < 4.78 is 108. The maximum Gasteiger partial charge on any atom is 0.490 e. The number of phosphoric ester groups is 3. The van der Waals surface area contributed by atoms with Crippen LogP contribution in [-0.2, 0) is 71.0 Å². The van der Waals surface area contributed by atoms with Crippen LogP contribution in [0.5, 0.6) is 0 Å². The Morgan fingerprint density at radius 1 is 0.764 bits per heavy atom. The Morgan fingerprint density at radius 3 is 2.03 bits per heavy atom. The van der Waals surface area contributed by atoms with E-state index in [1.54, 1.807) is 6.92 Å². The second-order valence-electron chi connectivity index (χ2n) is 15.9. The molecule has 0 saturated carbocycles. The molecule has 16 unspecified atom stereocenters. The number of nitrogen functional groups attached to an aromatic ring is 2. The van der Waals surface area contributed by atoms with Crippen molar-refractivity contribution in [1.82, 2.24) is 43.6 Å². The maximum atomic E-state index is 13.5. The minimum absolute atomic E-state index is 0.0231. The van der Waals surface area contributed by atoms with Crippen molar-refractivity contribution in [2.24, 2.45) is 7.05 Å². The van der Waals surface area contributed by atoms with Crippen LogP contribution in [0.3, 0.4) is 0 Å². The second kappa shape index (κ2) is 20.4. The summed E-state index contributed by atoms with van der Waals surface area (Å²) in [6, 6.07) is 1.15. The number of methoxy groups -OCH3 is 1. The number of nitrogens with two attached hydrogens (primary N) is 2. The molecule has 0 spiro atoms. The van der Waals surface area contributed by atoms with Crippen molar-refractivity contribution in [3.8, 4) is 0 Å². The third-order valence-electron chi connectivity index (χ3n) is 11.1. The van der Waals surface area contributed by atoms with Crippen molar-refractivity contribution >= 4 is 65.4 Å². The van der Waals surface area contributed by atoms with Crippen LogP contribution in [-0.4, -0.2) is 165 Å². The van der Waals surface area contributed by atoms with Gasteiger partial charge in [-0.05, 0) is 13.0 Å².